The number of carboxylic acid groups (broad SMARTS) is 1. The summed E-state index contributed by atoms with van der Waals surface area (Å²) in [6.07, 6.45) is 4.04. The third-order valence-electron chi connectivity index (χ3n) is 5.44. The standard InChI is InChI=1S/C21H22ClN7O6S3/c22-16-12(27-21(24)38-16)13(28-34)17(30)26-14-18(31)29-15(20(32)33)11(8-36-19(14)29)37-10-2-4-25-6-9(10)7-35-5-1-3-23/h2,4,6,14,19,34H,1,3,5,7-8,23H2,(H2,24,27)(H,26,30)(H,32,33)/b28-13-/t14-,19-/m1/s1. The quantitative estimate of drug-likeness (QED) is 0.0829. The normalized spacial score (nSPS) is 19.3. The van der Waals surface area contributed by atoms with Gasteiger partial charge in [-0.25, -0.2) is 4.98 Å². The molecule has 0 aliphatic carbocycles. The molecule has 2 aliphatic heterocycles. The number of pyridine rings is 1. The largest absolute Gasteiger partial charge is 0.543 e. The predicted molar refractivity (Wildman–Crippen MR) is 139 cm³/mol. The molecule has 2 aromatic heterocycles. The minimum Gasteiger partial charge on any atom is -0.543 e. The van der Waals surface area contributed by atoms with Crippen LogP contribution in [0.3, 0.4) is 0 Å². The molecular weight excluding hydrogens is 578 g/mol. The van der Waals surface area contributed by atoms with Crippen LogP contribution in [-0.4, -0.2) is 73.9 Å². The molecule has 0 spiro atoms. The maximum Gasteiger partial charge on any atom is 0.276 e. The molecule has 0 aromatic carbocycles. The van der Waals surface area contributed by atoms with Gasteiger partial charge in [-0.3, -0.25) is 19.5 Å². The number of quaternary nitrogens is 1. The summed E-state index contributed by atoms with van der Waals surface area (Å²) in [6, 6.07) is 0.673. The van der Waals surface area contributed by atoms with E-state index < -0.39 is 34.9 Å². The molecule has 2 amide bonds. The zero-order chi connectivity index (χ0) is 27.4. The Bertz CT molecular complexity index is 1320. The zero-order valence-electron chi connectivity index (χ0n) is 19.6. The fourth-order valence-corrected chi connectivity index (χ4v) is 7.15. The maximum atomic E-state index is 13.0. The highest BCUT2D eigenvalue weighted by Gasteiger charge is 2.53. The second-order valence-electron chi connectivity index (χ2n) is 7.89. The molecule has 2 aliphatic rings. The summed E-state index contributed by atoms with van der Waals surface area (Å²) < 4.78 is 5.69. The summed E-state index contributed by atoms with van der Waals surface area (Å²) >= 11 is 9.36. The summed E-state index contributed by atoms with van der Waals surface area (Å²) in [4.78, 5) is 48.1. The van der Waals surface area contributed by atoms with E-state index in [1.54, 1.807) is 18.5 Å². The summed E-state index contributed by atoms with van der Waals surface area (Å²) in [5, 5.41) is 26.3. The van der Waals surface area contributed by atoms with Crippen molar-refractivity contribution in [2.75, 3.05) is 24.6 Å². The molecule has 7 N–H and O–H groups in total. The van der Waals surface area contributed by atoms with E-state index in [0.717, 1.165) is 39.7 Å². The van der Waals surface area contributed by atoms with Gasteiger partial charge in [0.2, 0.25) is 0 Å². The number of amides is 2. The molecule has 1 fully saturated rings. The maximum absolute atomic E-state index is 13.0. The van der Waals surface area contributed by atoms with Gasteiger partial charge in [-0.05, 0) is 6.07 Å². The minimum atomic E-state index is -1.51. The van der Waals surface area contributed by atoms with Crippen molar-refractivity contribution < 1.29 is 35.2 Å². The summed E-state index contributed by atoms with van der Waals surface area (Å²) in [6.45, 7) is 1.58. The van der Waals surface area contributed by atoms with Crippen molar-refractivity contribution in [1.29, 1.82) is 0 Å². The number of rotatable bonds is 11. The van der Waals surface area contributed by atoms with Crippen LogP contribution in [0.15, 0.2) is 39.1 Å². The number of carbonyl (C=O) groups excluding carboxylic acids is 3. The first-order valence-electron chi connectivity index (χ1n) is 11.1. The van der Waals surface area contributed by atoms with Crippen molar-refractivity contribution in [3.63, 3.8) is 0 Å². The second-order valence-corrected chi connectivity index (χ2v) is 11.8. The summed E-state index contributed by atoms with van der Waals surface area (Å²) in [5.74, 6) is -2.84. The lowest BCUT2D eigenvalue weighted by Gasteiger charge is -2.50. The van der Waals surface area contributed by atoms with Crippen LogP contribution in [0.4, 0.5) is 5.13 Å². The fourth-order valence-electron chi connectivity index (χ4n) is 3.67. The Hall–Kier alpha value is -2.89. The molecular formula is C21H22ClN7O6S3. The molecule has 38 heavy (non-hydrogen) atoms. The van der Waals surface area contributed by atoms with E-state index in [4.69, 9.17) is 22.1 Å². The smallest absolute Gasteiger partial charge is 0.276 e. The molecule has 4 heterocycles. The topological polar surface area (TPSA) is 211 Å². The van der Waals surface area contributed by atoms with Gasteiger partial charge in [0.25, 0.3) is 11.8 Å². The fraction of sp³-hybridized carbons (Fsp3) is 0.333. The SMILES string of the molecule is Nc1nc(/C(=N/O)C(=O)N[C@@H]2C(=O)N3C(C(=O)[O-])=C(Sc4ccncc4COCCC[NH3+])CS[C@H]23)c(Cl)s1. The number of hydrogen-bond acceptors (Lipinski definition) is 13. The monoisotopic (exact) mass is 599 g/mol. The van der Waals surface area contributed by atoms with Crippen molar-refractivity contribution in [3.8, 4) is 0 Å². The number of β-lactam (4-membered cyclic amide) rings is 1. The van der Waals surface area contributed by atoms with Gasteiger partial charge in [0.15, 0.2) is 10.8 Å². The van der Waals surface area contributed by atoms with E-state index in [-0.39, 0.29) is 26.6 Å². The number of carboxylic acids is 1. The highest BCUT2D eigenvalue weighted by atomic mass is 35.5. The highest BCUT2D eigenvalue weighted by molar-refractivity contribution is 8.06. The first kappa shape index (κ1) is 28.1. The van der Waals surface area contributed by atoms with Crippen LogP contribution in [0, 0.1) is 0 Å². The predicted octanol–water partition coefficient (Wildman–Crippen LogP) is -0.746. The number of fused-ring (bicyclic) bond motifs is 1. The van der Waals surface area contributed by atoms with E-state index in [2.05, 4.69) is 26.2 Å². The Morgan fingerprint density at radius 3 is 2.92 bits per heavy atom. The van der Waals surface area contributed by atoms with Crippen molar-refractivity contribution in [2.24, 2.45) is 5.16 Å². The van der Waals surface area contributed by atoms with E-state index in [0.29, 0.717) is 18.1 Å². The van der Waals surface area contributed by atoms with Crippen molar-refractivity contribution in [1.82, 2.24) is 20.2 Å². The third-order valence-corrected chi connectivity index (χ3v) is 9.19. The number of halogens is 1. The number of thioether (sulfide) groups is 2. The lowest BCUT2D eigenvalue weighted by Crippen LogP contribution is -2.71. The molecule has 4 rings (SSSR count). The Morgan fingerprint density at radius 1 is 1.47 bits per heavy atom. The number of nitrogens with one attached hydrogen (secondary N) is 1. The van der Waals surface area contributed by atoms with Gasteiger partial charge in [0, 0.05) is 39.9 Å². The second kappa shape index (κ2) is 12.3. The Kier molecular flexibility index (Phi) is 9.11. The number of anilines is 1. The van der Waals surface area contributed by atoms with Crippen LogP contribution in [0.25, 0.3) is 0 Å². The number of hydrogen-bond donors (Lipinski definition) is 4. The van der Waals surface area contributed by atoms with Crippen LogP contribution in [-0.2, 0) is 25.7 Å². The molecule has 1 saturated heterocycles. The molecule has 0 saturated carbocycles. The summed E-state index contributed by atoms with van der Waals surface area (Å²) in [5.41, 5.74) is 9.22. The number of thiazole rings is 1. The number of nitrogen functional groups attached to an aromatic ring is 1. The lowest BCUT2D eigenvalue weighted by molar-refractivity contribution is -0.369. The van der Waals surface area contributed by atoms with Crippen molar-refractivity contribution >= 4 is 75.1 Å². The van der Waals surface area contributed by atoms with Gasteiger partial charge in [-0.15, -0.1) is 11.8 Å². The highest BCUT2D eigenvalue weighted by Crippen LogP contribution is 2.45. The first-order valence-corrected chi connectivity index (χ1v) is 14.1. The van der Waals surface area contributed by atoms with Crippen molar-refractivity contribution in [3.05, 3.63) is 44.7 Å². The van der Waals surface area contributed by atoms with E-state index in [1.807, 2.05) is 0 Å². The Labute approximate surface area is 233 Å². The molecule has 17 heteroatoms. The van der Waals surface area contributed by atoms with Crippen LogP contribution >= 0.6 is 46.5 Å². The molecule has 0 unspecified atom stereocenters. The van der Waals surface area contributed by atoms with E-state index in [1.165, 1.54) is 23.5 Å². The number of oxime groups is 1. The third kappa shape index (κ3) is 5.74. The first-order chi connectivity index (χ1) is 18.3. The van der Waals surface area contributed by atoms with Crippen LogP contribution in [0.5, 0.6) is 0 Å². The molecule has 2 aromatic rings. The molecule has 2 atom stereocenters. The van der Waals surface area contributed by atoms with Gasteiger partial charge < -0.3 is 36.6 Å². The van der Waals surface area contributed by atoms with Gasteiger partial charge in [-0.1, -0.05) is 39.9 Å². The number of nitrogens with two attached hydrogens (primary N) is 1. The van der Waals surface area contributed by atoms with Gasteiger partial charge in [0.05, 0.1) is 31.4 Å². The van der Waals surface area contributed by atoms with Gasteiger partial charge in [-0.2, -0.15) is 0 Å². The number of nitrogens with zero attached hydrogens (tertiary/aromatic N) is 4. The number of aliphatic carboxylic acids is 1. The number of carbonyl (C=O) groups is 3. The van der Waals surface area contributed by atoms with Crippen LogP contribution in [0.1, 0.15) is 17.7 Å². The minimum absolute atomic E-state index is 0.0335. The molecule has 0 radical (unpaired) electrons. The Morgan fingerprint density at radius 2 is 2.26 bits per heavy atom. The van der Waals surface area contributed by atoms with Crippen molar-refractivity contribution in [2.45, 2.75) is 29.3 Å². The lowest BCUT2D eigenvalue weighted by atomic mass is 10.0. The molecule has 0 bridgehead atoms. The number of ether oxygens (including phenoxy) is 1. The van der Waals surface area contributed by atoms with Crippen LogP contribution in [0.2, 0.25) is 4.34 Å². The average Bonchev–Trinajstić information content (AvgIpc) is 3.23. The molecule has 202 valence electrons. The number of aromatic nitrogens is 2. The average molecular weight is 600 g/mol. The van der Waals surface area contributed by atoms with Gasteiger partial charge >= 0.3 is 0 Å². The zero-order valence-corrected chi connectivity index (χ0v) is 22.8. The van der Waals surface area contributed by atoms with Crippen LogP contribution < -0.4 is 21.9 Å². The van der Waals surface area contributed by atoms with Gasteiger partial charge in [0.1, 0.15) is 21.4 Å². The molecule has 13 nitrogen and oxygen atoms in total. The Balaban J connectivity index is 1.50. The van der Waals surface area contributed by atoms with E-state index in [9.17, 15) is 24.7 Å². The van der Waals surface area contributed by atoms with E-state index >= 15 is 0 Å². The summed E-state index contributed by atoms with van der Waals surface area (Å²) in [7, 11) is 0.